The van der Waals surface area contributed by atoms with Gasteiger partial charge in [0.1, 0.15) is 0 Å². The van der Waals surface area contributed by atoms with E-state index in [4.69, 9.17) is 0 Å². The molecule has 3 aromatic carbocycles. The van der Waals surface area contributed by atoms with Crippen molar-refractivity contribution in [3.8, 4) is 0 Å². The second-order valence-electron chi connectivity index (χ2n) is 12.4. The summed E-state index contributed by atoms with van der Waals surface area (Å²) in [7, 11) is 0. The molecule has 224 valence electrons. The summed E-state index contributed by atoms with van der Waals surface area (Å²) in [6.45, 7) is 8.60. The normalized spacial score (nSPS) is 13.8. The van der Waals surface area contributed by atoms with E-state index < -0.39 is 18.9 Å². The zero-order valence-electron chi connectivity index (χ0n) is 26.3. The molecule has 3 heterocycles. The number of benzene rings is 3. The van der Waals surface area contributed by atoms with Crippen molar-refractivity contribution in [1.29, 1.82) is 0 Å². The van der Waals surface area contributed by atoms with E-state index >= 15 is 0 Å². The molecule has 5 heteroatoms. The molecule has 0 fully saturated rings. The summed E-state index contributed by atoms with van der Waals surface area (Å²) in [5, 5.41) is 0. The molecule has 0 atom stereocenters. The Kier molecular flexibility index (Phi) is 8.82. The summed E-state index contributed by atoms with van der Waals surface area (Å²) < 4.78 is 7.19. The van der Waals surface area contributed by atoms with Gasteiger partial charge in [-0.2, -0.15) is 0 Å². The van der Waals surface area contributed by atoms with Crippen LogP contribution in [0.15, 0.2) is 103 Å². The van der Waals surface area contributed by atoms with Gasteiger partial charge in [-0.3, -0.25) is 0 Å². The number of unbranched alkanes of at least 4 members (excludes halogenated alkanes) is 2. The Balaban J connectivity index is 1.66. The van der Waals surface area contributed by atoms with Gasteiger partial charge in [0.15, 0.2) is 0 Å². The SMILES string of the molecule is CCC[CH2][Sn]1([CH2]CCC)[n]2c(C(=O)c3ccc(C)cc3)ccc2C(c2ccccc2)c2ccc(C(=O)c3ccc(C)cc3)[n]21. The number of ketones is 2. The summed E-state index contributed by atoms with van der Waals surface area (Å²) in [5.41, 5.74) is 8.85. The predicted octanol–water partition coefficient (Wildman–Crippen LogP) is 9.30. The fraction of sp³-hybridized carbons (Fsp3) is 0.282. The van der Waals surface area contributed by atoms with E-state index in [0.29, 0.717) is 11.1 Å². The molecule has 0 spiro atoms. The van der Waals surface area contributed by atoms with Crippen molar-refractivity contribution in [1.82, 2.24) is 5.58 Å². The molecular formula is C39H42N2O2Sn. The second kappa shape index (κ2) is 12.8. The van der Waals surface area contributed by atoms with Gasteiger partial charge in [0.05, 0.1) is 0 Å². The summed E-state index contributed by atoms with van der Waals surface area (Å²) in [5.74, 6) is 0.0710. The summed E-state index contributed by atoms with van der Waals surface area (Å²) >= 11 is -3.85. The number of aromatic nitrogens is 2. The predicted molar refractivity (Wildman–Crippen MR) is 181 cm³/mol. The van der Waals surface area contributed by atoms with Crippen LogP contribution >= 0.6 is 0 Å². The molecule has 1 aliphatic rings. The molecule has 6 rings (SSSR count). The van der Waals surface area contributed by atoms with Crippen LogP contribution in [-0.2, 0) is 0 Å². The first-order valence-electron chi connectivity index (χ1n) is 16.1. The molecule has 5 aromatic rings. The number of aryl methyl sites for hydroxylation is 2. The third-order valence-corrected chi connectivity index (χ3v) is 23.5. The number of rotatable bonds is 11. The molecular weight excluding hydrogens is 647 g/mol. The van der Waals surface area contributed by atoms with Crippen LogP contribution in [0, 0.1) is 13.8 Å². The van der Waals surface area contributed by atoms with Crippen molar-refractivity contribution in [3.05, 3.63) is 154 Å². The maximum absolute atomic E-state index is 14.4. The molecule has 0 saturated carbocycles. The van der Waals surface area contributed by atoms with Crippen LogP contribution in [0.2, 0.25) is 8.87 Å². The van der Waals surface area contributed by atoms with Crippen LogP contribution < -0.4 is 0 Å². The molecule has 0 bridgehead atoms. The molecule has 1 aliphatic heterocycles. The second-order valence-corrected chi connectivity index (χ2v) is 23.4. The molecule has 0 amide bonds. The Morgan fingerprint density at radius 1 is 0.591 bits per heavy atom. The topological polar surface area (TPSA) is 44.0 Å². The first-order valence-corrected chi connectivity index (χ1v) is 22.7. The van der Waals surface area contributed by atoms with E-state index in [2.05, 4.69) is 87.9 Å². The van der Waals surface area contributed by atoms with E-state index in [-0.39, 0.29) is 17.5 Å². The Morgan fingerprint density at radius 2 is 1.02 bits per heavy atom. The van der Waals surface area contributed by atoms with E-state index in [0.717, 1.165) is 57.1 Å². The molecule has 0 radical (unpaired) electrons. The Morgan fingerprint density at radius 3 is 1.43 bits per heavy atom. The number of hydrogen-bond donors (Lipinski definition) is 0. The van der Waals surface area contributed by atoms with E-state index in [9.17, 15) is 9.59 Å². The summed E-state index contributed by atoms with van der Waals surface area (Å²) in [6.07, 6.45) is 4.29. The standard InChI is InChI=1S/C31H26N2O2.2C4H9.Sn/c1-20-8-12-23(13-9-20)30(34)27-18-16-25(32-27)29(22-6-4-3-5-7-22)26-17-19-28(33-26)31(35)24-14-10-21(2)11-15-24;2*1-3-4-2;/h3-19,29H,1-2H3,(H2,32,33,34,35);2*1,3-4H2,2H3;/q;;;+2/p-2. The Bertz CT molecular complexity index is 1660. The minimum absolute atomic E-state index is 0.0663. The molecule has 0 aliphatic carbocycles. The molecule has 44 heavy (non-hydrogen) atoms. The maximum atomic E-state index is 14.4. The van der Waals surface area contributed by atoms with Crippen molar-refractivity contribution < 1.29 is 9.59 Å². The summed E-state index contributed by atoms with van der Waals surface area (Å²) in [4.78, 5) is 28.9. The van der Waals surface area contributed by atoms with Gasteiger partial charge in [0, 0.05) is 0 Å². The van der Waals surface area contributed by atoms with E-state index in [1.807, 2.05) is 48.5 Å². The number of hydrogen-bond acceptors (Lipinski definition) is 2. The van der Waals surface area contributed by atoms with Crippen LogP contribution in [0.1, 0.15) is 106 Å². The Labute approximate surface area is 266 Å². The third-order valence-electron chi connectivity index (χ3n) is 9.33. The third kappa shape index (κ3) is 5.32. The number of carbonyl (C=O) groups excluding carboxylic acids is 2. The zero-order valence-corrected chi connectivity index (χ0v) is 29.2. The summed E-state index contributed by atoms with van der Waals surface area (Å²) in [6, 6.07) is 35.1. The molecule has 4 nitrogen and oxygen atoms in total. The van der Waals surface area contributed by atoms with Crippen molar-refractivity contribution >= 4 is 30.5 Å². The van der Waals surface area contributed by atoms with Crippen molar-refractivity contribution in [2.45, 2.75) is 68.2 Å². The van der Waals surface area contributed by atoms with Gasteiger partial charge in [-0.05, 0) is 0 Å². The van der Waals surface area contributed by atoms with E-state index in [1.165, 1.54) is 17.0 Å². The van der Waals surface area contributed by atoms with E-state index in [1.54, 1.807) is 0 Å². The quantitative estimate of drug-likeness (QED) is 0.103. The monoisotopic (exact) mass is 690 g/mol. The van der Waals surface area contributed by atoms with Crippen molar-refractivity contribution in [2.24, 2.45) is 0 Å². The fourth-order valence-electron chi connectivity index (χ4n) is 7.08. The van der Waals surface area contributed by atoms with Crippen LogP contribution in [0.4, 0.5) is 0 Å². The van der Waals surface area contributed by atoms with Gasteiger partial charge < -0.3 is 0 Å². The number of carbonyl (C=O) groups is 2. The first-order chi connectivity index (χ1) is 21.4. The van der Waals surface area contributed by atoms with Crippen LogP contribution in [0.3, 0.4) is 0 Å². The van der Waals surface area contributed by atoms with Crippen molar-refractivity contribution in [2.75, 3.05) is 0 Å². The van der Waals surface area contributed by atoms with Gasteiger partial charge in [-0.25, -0.2) is 0 Å². The number of nitrogens with zero attached hydrogens (tertiary/aromatic N) is 2. The van der Waals surface area contributed by atoms with Gasteiger partial charge in [0.2, 0.25) is 0 Å². The fourth-order valence-corrected chi connectivity index (χ4v) is 23.6. The molecule has 0 unspecified atom stereocenters. The molecule has 2 aromatic heterocycles. The van der Waals surface area contributed by atoms with Crippen LogP contribution in [0.5, 0.6) is 0 Å². The Hall–Kier alpha value is -3.64. The molecule has 0 N–H and O–H groups in total. The average Bonchev–Trinajstić information content (AvgIpc) is 3.69. The zero-order chi connectivity index (χ0) is 30.8. The molecule has 0 saturated heterocycles. The van der Waals surface area contributed by atoms with Gasteiger partial charge in [-0.15, -0.1) is 0 Å². The van der Waals surface area contributed by atoms with Gasteiger partial charge >= 0.3 is 268 Å². The van der Waals surface area contributed by atoms with Crippen molar-refractivity contribution in [3.63, 3.8) is 0 Å². The number of fused-ring (bicyclic) bond motifs is 2. The van der Waals surface area contributed by atoms with Gasteiger partial charge in [-0.1, -0.05) is 0 Å². The average molecular weight is 689 g/mol. The van der Waals surface area contributed by atoms with Crippen LogP contribution in [-0.4, -0.2) is 36.1 Å². The first kappa shape index (κ1) is 30.4. The van der Waals surface area contributed by atoms with Crippen LogP contribution in [0.25, 0.3) is 0 Å². The van der Waals surface area contributed by atoms with Gasteiger partial charge in [0.25, 0.3) is 0 Å². The minimum atomic E-state index is -3.85.